The molecule has 3 nitrogen and oxygen atoms in total. The highest BCUT2D eigenvalue weighted by Crippen LogP contribution is 2.22. The Morgan fingerprint density at radius 3 is 2.32 bits per heavy atom. The van der Waals surface area contributed by atoms with Crippen LogP contribution in [0.2, 0.25) is 0 Å². The van der Waals surface area contributed by atoms with Crippen molar-refractivity contribution in [2.75, 3.05) is 26.2 Å². The second-order valence-electron chi connectivity index (χ2n) is 6.56. The van der Waals surface area contributed by atoms with Crippen molar-refractivity contribution in [2.45, 2.75) is 58.2 Å². The van der Waals surface area contributed by atoms with Crippen LogP contribution in [0.25, 0.3) is 0 Å². The molecule has 1 N–H and O–H groups in total. The molecule has 0 amide bonds. The van der Waals surface area contributed by atoms with E-state index in [4.69, 9.17) is 4.74 Å². The second-order valence-corrected chi connectivity index (χ2v) is 6.56. The first-order valence-electron chi connectivity index (χ1n) is 7.65. The maximum absolute atomic E-state index is 10.1. The van der Waals surface area contributed by atoms with E-state index in [1.54, 1.807) is 0 Å². The van der Waals surface area contributed by atoms with Crippen LogP contribution in [0.15, 0.2) is 0 Å². The largest absolute Gasteiger partial charge is 0.389 e. The van der Waals surface area contributed by atoms with E-state index in [1.165, 1.54) is 32.1 Å². The summed E-state index contributed by atoms with van der Waals surface area (Å²) in [5.41, 5.74) is 0. The van der Waals surface area contributed by atoms with Crippen LogP contribution in [0.1, 0.15) is 46.0 Å². The van der Waals surface area contributed by atoms with Crippen molar-refractivity contribution in [1.29, 1.82) is 0 Å². The van der Waals surface area contributed by atoms with E-state index >= 15 is 0 Å². The predicted octanol–water partition coefficient (Wildman–Crippen LogP) is 2.71. The van der Waals surface area contributed by atoms with Crippen LogP contribution in [0.5, 0.6) is 0 Å². The number of hydrogen-bond acceptors (Lipinski definition) is 3. The van der Waals surface area contributed by atoms with Crippen LogP contribution in [0.3, 0.4) is 0 Å². The summed E-state index contributed by atoms with van der Waals surface area (Å²) in [5.74, 6) is 1.52. The molecule has 0 bridgehead atoms. The van der Waals surface area contributed by atoms with Crippen molar-refractivity contribution >= 4 is 12.4 Å². The van der Waals surface area contributed by atoms with Gasteiger partial charge in [-0.25, -0.2) is 0 Å². The number of piperidine rings is 1. The first-order chi connectivity index (χ1) is 8.63. The average Bonchev–Trinajstić information content (AvgIpc) is 2.77. The van der Waals surface area contributed by atoms with Crippen molar-refractivity contribution in [2.24, 2.45) is 11.8 Å². The maximum Gasteiger partial charge on any atom is 0.0900 e. The molecule has 1 saturated carbocycles. The molecule has 1 aliphatic carbocycles. The Bertz CT molecular complexity index is 236. The molecule has 2 rings (SSSR count). The van der Waals surface area contributed by atoms with E-state index in [2.05, 4.69) is 18.7 Å². The average molecular weight is 292 g/mol. The molecule has 3 unspecified atom stereocenters. The van der Waals surface area contributed by atoms with Gasteiger partial charge in [-0.3, -0.25) is 0 Å². The third kappa shape index (κ3) is 5.99. The van der Waals surface area contributed by atoms with Crippen molar-refractivity contribution in [3.05, 3.63) is 0 Å². The first-order valence-corrected chi connectivity index (χ1v) is 7.65. The molecule has 0 spiro atoms. The molecule has 1 heterocycles. The molecule has 2 aliphatic rings. The monoisotopic (exact) mass is 291 g/mol. The third-order valence-corrected chi connectivity index (χ3v) is 4.24. The van der Waals surface area contributed by atoms with Crippen LogP contribution in [-0.2, 0) is 4.74 Å². The number of halogens is 1. The van der Waals surface area contributed by atoms with Crippen LogP contribution in [0, 0.1) is 11.8 Å². The van der Waals surface area contributed by atoms with Crippen molar-refractivity contribution < 1.29 is 9.84 Å². The smallest absolute Gasteiger partial charge is 0.0900 e. The van der Waals surface area contributed by atoms with E-state index < -0.39 is 0 Å². The standard InChI is InChI=1S/C15H29NO2.ClH/c1-12-7-13(2)9-16(8-12)10-14(17)11-18-15-5-3-4-6-15;/h12-15,17H,3-11H2,1-2H3;1H. The van der Waals surface area contributed by atoms with Crippen LogP contribution < -0.4 is 0 Å². The SMILES string of the molecule is CC1CC(C)CN(CC(O)COC2CCCC2)C1.Cl. The minimum Gasteiger partial charge on any atom is -0.389 e. The number of aliphatic hydroxyl groups is 1. The van der Waals surface area contributed by atoms with Gasteiger partial charge in [0.15, 0.2) is 0 Å². The first kappa shape index (κ1) is 17.2. The van der Waals surface area contributed by atoms with E-state index in [0.717, 1.165) is 31.5 Å². The number of aliphatic hydroxyl groups excluding tert-OH is 1. The van der Waals surface area contributed by atoms with Crippen LogP contribution in [0.4, 0.5) is 0 Å². The Morgan fingerprint density at radius 2 is 1.74 bits per heavy atom. The van der Waals surface area contributed by atoms with Gasteiger partial charge in [-0.05, 0) is 31.1 Å². The van der Waals surface area contributed by atoms with Gasteiger partial charge in [0, 0.05) is 19.6 Å². The lowest BCUT2D eigenvalue weighted by molar-refractivity contribution is -0.0250. The maximum atomic E-state index is 10.1. The van der Waals surface area contributed by atoms with Gasteiger partial charge in [-0.1, -0.05) is 26.7 Å². The molecule has 0 aromatic carbocycles. The minimum atomic E-state index is -0.317. The summed E-state index contributed by atoms with van der Waals surface area (Å²) >= 11 is 0. The summed E-state index contributed by atoms with van der Waals surface area (Å²) < 4.78 is 5.78. The number of ether oxygens (including phenoxy) is 1. The van der Waals surface area contributed by atoms with Crippen LogP contribution >= 0.6 is 12.4 Å². The van der Waals surface area contributed by atoms with Gasteiger partial charge in [0.05, 0.1) is 18.8 Å². The Labute approximate surface area is 124 Å². The molecular weight excluding hydrogens is 262 g/mol. The van der Waals surface area contributed by atoms with Gasteiger partial charge in [0.25, 0.3) is 0 Å². The fourth-order valence-corrected chi connectivity index (χ4v) is 3.59. The number of nitrogens with zero attached hydrogens (tertiary/aromatic N) is 1. The highest BCUT2D eigenvalue weighted by atomic mass is 35.5. The zero-order valence-electron chi connectivity index (χ0n) is 12.4. The number of hydrogen-bond donors (Lipinski definition) is 1. The van der Waals surface area contributed by atoms with Gasteiger partial charge >= 0.3 is 0 Å². The highest BCUT2D eigenvalue weighted by Gasteiger charge is 2.24. The van der Waals surface area contributed by atoms with E-state index in [0.29, 0.717) is 12.7 Å². The van der Waals surface area contributed by atoms with E-state index in [9.17, 15) is 5.11 Å². The Kier molecular flexibility index (Phi) is 7.66. The Balaban J connectivity index is 0.00000180. The quantitative estimate of drug-likeness (QED) is 0.845. The van der Waals surface area contributed by atoms with Crippen molar-refractivity contribution in [3.63, 3.8) is 0 Å². The highest BCUT2D eigenvalue weighted by molar-refractivity contribution is 5.85. The van der Waals surface area contributed by atoms with Gasteiger partial charge < -0.3 is 14.7 Å². The normalized spacial score (nSPS) is 31.1. The van der Waals surface area contributed by atoms with E-state index in [-0.39, 0.29) is 18.5 Å². The van der Waals surface area contributed by atoms with Crippen LogP contribution in [-0.4, -0.2) is 48.5 Å². The molecule has 0 aromatic heterocycles. The summed E-state index contributed by atoms with van der Waals surface area (Å²) in [4.78, 5) is 2.40. The number of likely N-dealkylation sites (tertiary alicyclic amines) is 1. The van der Waals surface area contributed by atoms with E-state index in [1.807, 2.05) is 0 Å². The van der Waals surface area contributed by atoms with Gasteiger partial charge in [0.1, 0.15) is 0 Å². The molecule has 1 aliphatic heterocycles. The van der Waals surface area contributed by atoms with Crippen molar-refractivity contribution in [1.82, 2.24) is 4.90 Å². The summed E-state index contributed by atoms with van der Waals surface area (Å²) in [6.07, 6.45) is 6.38. The number of rotatable bonds is 5. The zero-order valence-corrected chi connectivity index (χ0v) is 13.2. The summed E-state index contributed by atoms with van der Waals surface area (Å²) in [5, 5.41) is 10.1. The summed E-state index contributed by atoms with van der Waals surface area (Å²) in [7, 11) is 0. The molecule has 1 saturated heterocycles. The fraction of sp³-hybridized carbons (Fsp3) is 1.00. The topological polar surface area (TPSA) is 32.7 Å². The molecule has 4 heteroatoms. The lowest BCUT2D eigenvalue weighted by atomic mass is 9.92. The Hall–Kier alpha value is 0.170. The predicted molar refractivity (Wildman–Crippen MR) is 80.8 cm³/mol. The minimum absolute atomic E-state index is 0. The molecule has 2 fully saturated rings. The van der Waals surface area contributed by atoms with Gasteiger partial charge in [0.2, 0.25) is 0 Å². The van der Waals surface area contributed by atoms with Gasteiger partial charge in [-0.15, -0.1) is 12.4 Å². The number of β-amino-alcohol motifs (C(OH)–C–C–N with tert-alkyl or cyclic N) is 1. The molecular formula is C15H30ClNO2. The molecule has 19 heavy (non-hydrogen) atoms. The lowest BCUT2D eigenvalue weighted by Crippen LogP contribution is -2.43. The molecule has 0 radical (unpaired) electrons. The summed E-state index contributed by atoms with van der Waals surface area (Å²) in [6, 6.07) is 0. The van der Waals surface area contributed by atoms with Gasteiger partial charge in [-0.2, -0.15) is 0 Å². The van der Waals surface area contributed by atoms with Crippen molar-refractivity contribution in [3.8, 4) is 0 Å². The molecule has 3 atom stereocenters. The lowest BCUT2D eigenvalue weighted by Gasteiger charge is -2.36. The molecule has 0 aromatic rings. The summed E-state index contributed by atoms with van der Waals surface area (Å²) in [6.45, 7) is 8.18. The second kappa shape index (κ2) is 8.46. The zero-order chi connectivity index (χ0) is 13.0. The fourth-order valence-electron chi connectivity index (χ4n) is 3.59. The molecule has 114 valence electrons. The third-order valence-electron chi connectivity index (χ3n) is 4.24. The Morgan fingerprint density at radius 1 is 1.16 bits per heavy atom.